The Morgan fingerprint density at radius 1 is 1.16 bits per heavy atom. The van der Waals surface area contributed by atoms with E-state index in [1.807, 2.05) is 37.3 Å². The van der Waals surface area contributed by atoms with Gasteiger partial charge in [-0.15, -0.1) is 0 Å². The van der Waals surface area contributed by atoms with Crippen molar-refractivity contribution in [2.75, 3.05) is 19.8 Å². The summed E-state index contributed by atoms with van der Waals surface area (Å²) in [6, 6.07) is 9.94. The summed E-state index contributed by atoms with van der Waals surface area (Å²) in [5.74, 6) is -0.259. The van der Waals surface area contributed by atoms with Gasteiger partial charge in [0.2, 0.25) is 0 Å². The van der Waals surface area contributed by atoms with Crippen LogP contribution in [0.1, 0.15) is 59.4 Å². The molecule has 1 aliphatic heterocycles. The number of carbonyl (C=O) groups is 1. The summed E-state index contributed by atoms with van der Waals surface area (Å²) in [5.41, 5.74) is 0.700. The third-order valence-corrected chi connectivity index (χ3v) is 4.34. The molecule has 0 aliphatic carbocycles. The van der Waals surface area contributed by atoms with Crippen molar-refractivity contribution < 1.29 is 62.8 Å². The molecule has 0 radical (unpaired) electrons. The van der Waals surface area contributed by atoms with Gasteiger partial charge in [0.15, 0.2) is 0 Å². The molecule has 3 atom stereocenters. The van der Waals surface area contributed by atoms with Crippen molar-refractivity contribution in [3.05, 3.63) is 35.9 Å². The molecule has 0 aromatic heterocycles. The van der Waals surface area contributed by atoms with E-state index < -0.39 is 0 Å². The average Bonchev–Trinajstić information content (AvgIpc) is 2.76. The maximum Gasteiger partial charge on any atom is 1.00 e. The van der Waals surface area contributed by atoms with Gasteiger partial charge in [-0.3, -0.25) is 4.79 Å². The van der Waals surface area contributed by atoms with E-state index in [1.54, 1.807) is 20.8 Å². The third kappa shape index (κ3) is 14.2. The van der Waals surface area contributed by atoms with Crippen molar-refractivity contribution >= 4 is 12.4 Å². The van der Waals surface area contributed by atoms with Gasteiger partial charge in [-0.2, -0.15) is 0 Å². The fourth-order valence-corrected chi connectivity index (χ4v) is 2.74. The van der Waals surface area contributed by atoms with Gasteiger partial charge >= 0.3 is 35.5 Å². The number of esters is 1. The molecule has 0 spiro atoms. The number of cyclic esters (lactones) is 1. The van der Waals surface area contributed by atoms with E-state index in [1.165, 1.54) is 6.47 Å². The number of hydrogen-bond acceptors (Lipinski definition) is 7. The van der Waals surface area contributed by atoms with Crippen molar-refractivity contribution in [1.29, 1.82) is 0 Å². The monoisotopic (exact) mass is 460 g/mol. The Labute approximate surface area is 214 Å². The largest absolute Gasteiger partial charge is 1.00 e. The normalized spacial score (nSPS) is 21.4. The first-order valence-electron chi connectivity index (χ1n) is 10.9. The van der Waals surface area contributed by atoms with Gasteiger partial charge in [0.1, 0.15) is 18.3 Å². The van der Waals surface area contributed by atoms with Crippen molar-refractivity contribution in [2.24, 2.45) is 0 Å². The predicted molar refractivity (Wildman–Crippen MR) is 117 cm³/mol. The molecule has 0 bridgehead atoms. The number of hydrogen-bond donors (Lipinski definition) is 0. The summed E-state index contributed by atoms with van der Waals surface area (Å²) in [6.45, 7) is 12.6. The Morgan fingerprint density at radius 2 is 1.84 bits per heavy atom. The summed E-state index contributed by atoms with van der Waals surface area (Å²) in [5, 5.41) is 0. The van der Waals surface area contributed by atoms with Crippen LogP contribution in [0.25, 0.3) is 0 Å². The first-order valence-corrected chi connectivity index (χ1v) is 10.9. The topological polar surface area (TPSA) is 80.3 Å². The van der Waals surface area contributed by atoms with Crippen LogP contribution < -0.4 is 29.6 Å². The first-order chi connectivity index (χ1) is 14.8. The Balaban J connectivity index is 0.00000104. The molecular weight excluding hydrogens is 423 g/mol. The van der Waals surface area contributed by atoms with Gasteiger partial charge in [-0.1, -0.05) is 50.1 Å². The number of rotatable bonds is 8. The molecule has 176 valence electrons. The molecule has 0 saturated carbocycles. The van der Waals surface area contributed by atoms with E-state index in [4.69, 9.17) is 18.9 Å². The molecule has 2 unspecified atom stereocenters. The van der Waals surface area contributed by atoms with Crippen molar-refractivity contribution in [3.8, 4) is 0 Å². The molecular formula is C24H37NaO7. The zero-order valence-corrected chi connectivity index (χ0v) is 22.4. The maximum absolute atomic E-state index is 11.8. The molecule has 1 fully saturated rings. The minimum absolute atomic E-state index is 0. The number of benzene rings is 1. The van der Waals surface area contributed by atoms with E-state index >= 15 is 0 Å². The molecule has 32 heavy (non-hydrogen) atoms. The van der Waals surface area contributed by atoms with Gasteiger partial charge in [-0.25, -0.2) is 0 Å². The fourth-order valence-electron chi connectivity index (χ4n) is 2.74. The minimum atomic E-state index is -0.380. The molecule has 1 aliphatic rings. The van der Waals surface area contributed by atoms with Crippen LogP contribution in [-0.4, -0.2) is 56.2 Å². The van der Waals surface area contributed by atoms with E-state index in [-0.39, 0.29) is 65.9 Å². The van der Waals surface area contributed by atoms with Gasteiger partial charge in [0.25, 0.3) is 0 Å². The van der Waals surface area contributed by atoms with Gasteiger partial charge < -0.3 is 28.5 Å². The van der Waals surface area contributed by atoms with Gasteiger partial charge in [0, 0.05) is 6.61 Å². The van der Waals surface area contributed by atoms with Crippen LogP contribution in [-0.2, 0) is 39.9 Å². The summed E-state index contributed by atoms with van der Waals surface area (Å²) < 4.78 is 27.6. The van der Waals surface area contributed by atoms with E-state index in [0.29, 0.717) is 26.4 Å². The SMILES string of the molecule is CC(C)(C)O[C-]=O.CCCCOC1COCCC(=O)OC(C)[C@@H]1OCc1ccccc1.[Na+]. The van der Waals surface area contributed by atoms with Crippen LogP contribution in [0.4, 0.5) is 0 Å². The van der Waals surface area contributed by atoms with Crippen LogP contribution in [0.5, 0.6) is 0 Å². The van der Waals surface area contributed by atoms with E-state index in [0.717, 1.165) is 18.4 Å². The third-order valence-electron chi connectivity index (χ3n) is 4.34. The number of carbonyl (C=O) groups excluding carboxylic acids is 2. The van der Waals surface area contributed by atoms with Crippen molar-refractivity contribution in [3.63, 3.8) is 0 Å². The molecule has 2 rings (SSSR count). The Kier molecular flexibility index (Phi) is 17.0. The smallest absolute Gasteiger partial charge is 0.649 e. The van der Waals surface area contributed by atoms with Crippen LogP contribution in [0.2, 0.25) is 0 Å². The van der Waals surface area contributed by atoms with Crippen LogP contribution in [0, 0.1) is 0 Å². The van der Waals surface area contributed by atoms with Crippen molar-refractivity contribution in [2.45, 2.75) is 84.4 Å². The first kappa shape index (κ1) is 31.0. The summed E-state index contributed by atoms with van der Waals surface area (Å²) in [4.78, 5) is 21.3. The molecule has 1 saturated heterocycles. The average molecular weight is 461 g/mol. The molecule has 0 amide bonds. The molecule has 1 heterocycles. The molecule has 0 N–H and O–H groups in total. The predicted octanol–water partition coefficient (Wildman–Crippen LogP) is 0.982. The fraction of sp³-hybridized carbons (Fsp3) is 0.667. The molecule has 8 heteroatoms. The standard InChI is InChI=1S/C19H28O5.C5H9O2.Na/c1-3-4-11-22-17-14-21-12-10-18(20)24-15(2)19(17)23-13-16-8-6-5-7-9-16;1-5(2,3)7-4-6;/h5-9,15,17,19H,3-4,10-14H2,1-2H3;1-3H3;/q;-1;+1/t15?,17?,19-;;/m0../s1. The van der Waals surface area contributed by atoms with E-state index in [2.05, 4.69) is 11.7 Å². The van der Waals surface area contributed by atoms with Gasteiger partial charge in [0.05, 0.1) is 31.8 Å². The second kappa shape index (κ2) is 17.5. The second-order valence-electron chi connectivity index (χ2n) is 8.34. The van der Waals surface area contributed by atoms with Crippen LogP contribution >= 0.6 is 0 Å². The quantitative estimate of drug-likeness (QED) is 0.248. The summed E-state index contributed by atoms with van der Waals surface area (Å²) in [7, 11) is 0. The zero-order chi connectivity index (χ0) is 23.1. The number of unbranched alkanes of at least 4 members (excludes halogenated alkanes) is 1. The Hall–Kier alpha value is -0.960. The summed E-state index contributed by atoms with van der Waals surface area (Å²) >= 11 is 0. The Bertz CT molecular complexity index is 619. The van der Waals surface area contributed by atoms with Crippen LogP contribution in [0.15, 0.2) is 30.3 Å². The molecule has 1 aromatic carbocycles. The second-order valence-corrected chi connectivity index (χ2v) is 8.34. The molecule has 1 aromatic rings. The maximum atomic E-state index is 11.8. The Morgan fingerprint density at radius 3 is 2.41 bits per heavy atom. The van der Waals surface area contributed by atoms with E-state index in [9.17, 15) is 9.59 Å². The zero-order valence-electron chi connectivity index (χ0n) is 20.4. The molecule has 7 nitrogen and oxygen atoms in total. The minimum Gasteiger partial charge on any atom is -0.649 e. The van der Waals surface area contributed by atoms with Gasteiger partial charge in [-0.05, 0) is 39.7 Å². The van der Waals surface area contributed by atoms with Crippen LogP contribution in [0.3, 0.4) is 0 Å². The summed E-state index contributed by atoms with van der Waals surface area (Å²) in [6.07, 6.45) is 1.32. The van der Waals surface area contributed by atoms with Crippen molar-refractivity contribution in [1.82, 2.24) is 0 Å². The number of ether oxygens (including phenoxy) is 5.